The molecule has 1 amide bonds. The van der Waals surface area contributed by atoms with Gasteiger partial charge in [0.15, 0.2) is 4.34 Å². The number of benzene rings is 3. The standard InChI is InChI=1S/C26H24BrN3OS2/c1-15-11-16(2)24(17(3)12-15)30-25(31)18(4)32-26-29-22-10-9-21(13-23(22)33-26)28-14-19-5-7-20(27)8-6-19/h5-14,18H,1-4H3,(H,30,31). The number of thiazole rings is 1. The fraction of sp³-hybridized carbons (Fsp3) is 0.192. The van der Waals surface area contributed by atoms with Crippen molar-refractivity contribution >= 4 is 72.7 Å². The number of hydrogen-bond acceptors (Lipinski definition) is 5. The number of carbonyl (C=O) groups is 1. The zero-order valence-electron chi connectivity index (χ0n) is 18.8. The van der Waals surface area contributed by atoms with Crippen LogP contribution < -0.4 is 5.32 Å². The highest BCUT2D eigenvalue weighted by atomic mass is 79.9. The van der Waals surface area contributed by atoms with E-state index < -0.39 is 0 Å². The summed E-state index contributed by atoms with van der Waals surface area (Å²) in [5.41, 5.74) is 7.09. The summed E-state index contributed by atoms with van der Waals surface area (Å²) in [5.74, 6) is -0.0194. The van der Waals surface area contributed by atoms with Gasteiger partial charge in [0.2, 0.25) is 5.91 Å². The number of hydrogen-bond donors (Lipinski definition) is 1. The molecule has 0 aliphatic rings. The summed E-state index contributed by atoms with van der Waals surface area (Å²) in [6, 6.07) is 18.2. The van der Waals surface area contributed by atoms with Crippen molar-refractivity contribution in [1.82, 2.24) is 4.98 Å². The first-order chi connectivity index (χ1) is 15.8. The van der Waals surface area contributed by atoms with Crippen molar-refractivity contribution in [3.63, 3.8) is 0 Å². The van der Waals surface area contributed by atoms with Crippen molar-refractivity contribution in [1.29, 1.82) is 0 Å². The number of anilines is 1. The number of aromatic nitrogens is 1. The van der Waals surface area contributed by atoms with E-state index in [1.54, 1.807) is 11.3 Å². The molecule has 1 unspecified atom stereocenters. The molecule has 1 heterocycles. The summed E-state index contributed by atoms with van der Waals surface area (Å²) >= 11 is 6.51. The zero-order chi connectivity index (χ0) is 23.5. The van der Waals surface area contributed by atoms with Gasteiger partial charge in [-0.1, -0.05) is 57.5 Å². The highest BCUT2D eigenvalue weighted by Crippen LogP contribution is 2.34. The number of carbonyl (C=O) groups excluding carboxylic acids is 1. The number of fused-ring (bicyclic) bond motifs is 1. The highest BCUT2D eigenvalue weighted by Gasteiger charge is 2.18. The Hall–Kier alpha value is -2.48. The van der Waals surface area contributed by atoms with Crippen molar-refractivity contribution in [2.75, 3.05) is 5.32 Å². The quantitative estimate of drug-likeness (QED) is 0.201. The topological polar surface area (TPSA) is 54.4 Å². The van der Waals surface area contributed by atoms with Crippen LogP contribution in [0.5, 0.6) is 0 Å². The van der Waals surface area contributed by atoms with Gasteiger partial charge in [-0.2, -0.15) is 0 Å². The van der Waals surface area contributed by atoms with Gasteiger partial charge in [-0.25, -0.2) is 4.98 Å². The molecule has 0 fully saturated rings. The van der Waals surface area contributed by atoms with E-state index >= 15 is 0 Å². The van der Waals surface area contributed by atoms with E-state index in [1.165, 1.54) is 17.3 Å². The molecule has 0 aliphatic carbocycles. The minimum absolute atomic E-state index is 0.0194. The third kappa shape index (κ3) is 5.91. The molecular weight excluding hydrogens is 514 g/mol. The maximum Gasteiger partial charge on any atom is 0.237 e. The van der Waals surface area contributed by atoms with Gasteiger partial charge in [-0.15, -0.1) is 11.3 Å². The minimum atomic E-state index is -0.263. The molecule has 0 spiro atoms. The summed E-state index contributed by atoms with van der Waals surface area (Å²) in [6.07, 6.45) is 1.85. The van der Waals surface area contributed by atoms with Crippen molar-refractivity contribution in [2.24, 2.45) is 4.99 Å². The third-order valence-electron chi connectivity index (χ3n) is 5.16. The first-order valence-corrected chi connectivity index (χ1v) is 13.0. The molecule has 0 radical (unpaired) electrons. The second-order valence-corrected chi connectivity index (χ2v) is 11.5. The van der Waals surface area contributed by atoms with E-state index in [0.29, 0.717) is 0 Å². The maximum absolute atomic E-state index is 12.8. The molecular formula is C26H24BrN3OS2. The second kappa shape index (κ2) is 10.2. The van der Waals surface area contributed by atoms with E-state index in [2.05, 4.69) is 45.3 Å². The lowest BCUT2D eigenvalue weighted by Crippen LogP contribution is -2.23. The van der Waals surface area contributed by atoms with Gasteiger partial charge < -0.3 is 5.32 Å². The van der Waals surface area contributed by atoms with E-state index in [4.69, 9.17) is 4.98 Å². The number of nitrogens with one attached hydrogen (secondary N) is 1. The molecule has 33 heavy (non-hydrogen) atoms. The fourth-order valence-corrected chi connectivity index (χ4v) is 6.04. The molecule has 4 nitrogen and oxygen atoms in total. The van der Waals surface area contributed by atoms with Crippen molar-refractivity contribution in [2.45, 2.75) is 37.3 Å². The summed E-state index contributed by atoms with van der Waals surface area (Å²) in [7, 11) is 0. The van der Waals surface area contributed by atoms with Crippen molar-refractivity contribution in [3.05, 3.63) is 81.3 Å². The Morgan fingerprint density at radius 3 is 2.48 bits per heavy atom. The number of aliphatic imine (C=N–C) groups is 1. The van der Waals surface area contributed by atoms with Gasteiger partial charge in [0.25, 0.3) is 0 Å². The molecule has 0 saturated heterocycles. The molecule has 168 valence electrons. The predicted molar refractivity (Wildman–Crippen MR) is 146 cm³/mol. The predicted octanol–water partition coefficient (Wildman–Crippen LogP) is 7.85. The molecule has 4 aromatic rings. The second-order valence-electron chi connectivity index (χ2n) is 7.96. The van der Waals surface area contributed by atoms with Gasteiger partial charge in [-0.05, 0) is 74.7 Å². The summed E-state index contributed by atoms with van der Waals surface area (Å²) < 4.78 is 2.97. The van der Waals surface area contributed by atoms with Crippen LogP contribution >= 0.6 is 39.0 Å². The lowest BCUT2D eigenvalue weighted by Gasteiger charge is -2.15. The first-order valence-electron chi connectivity index (χ1n) is 10.5. The molecule has 4 rings (SSSR count). The minimum Gasteiger partial charge on any atom is -0.325 e. The Balaban J connectivity index is 1.45. The van der Waals surface area contributed by atoms with Gasteiger partial charge >= 0.3 is 0 Å². The van der Waals surface area contributed by atoms with E-state index in [9.17, 15) is 4.79 Å². The van der Waals surface area contributed by atoms with E-state index in [0.717, 1.165) is 47.1 Å². The van der Waals surface area contributed by atoms with Crippen LogP contribution in [0.3, 0.4) is 0 Å². The molecule has 1 aromatic heterocycles. The van der Waals surface area contributed by atoms with Crippen LogP contribution in [-0.4, -0.2) is 22.4 Å². The molecule has 0 bridgehead atoms. The number of thioether (sulfide) groups is 1. The lowest BCUT2D eigenvalue weighted by atomic mass is 10.1. The molecule has 0 saturated carbocycles. The summed E-state index contributed by atoms with van der Waals surface area (Å²) in [6.45, 7) is 8.03. The average molecular weight is 539 g/mol. The van der Waals surface area contributed by atoms with Gasteiger partial charge in [0, 0.05) is 16.4 Å². The Morgan fingerprint density at radius 1 is 1.09 bits per heavy atom. The van der Waals surface area contributed by atoms with Crippen LogP contribution in [0.4, 0.5) is 11.4 Å². The number of rotatable bonds is 6. The smallest absolute Gasteiger partial charge is 0.237 e. The normalized spacial score (nSPS) is 12.4. The molecule has 1 atom stereocenters. The van der Waals surface area contributed by atoms with Crippen molar-refractivity contribution < 1.29 is 4.79 Å². The van der Waals surface area contributed by atoms with Crippen LogP contribution in [0.1, 0.15) is 29.2 Å². The number of amides is 1. The van der Waals surface area contributed by atoms with Crippen LogP contribution in [0.2, 0.25) is 0 Å². The van der Waals surface area contributed by atoms with Crippen LogP contribution in [0.25, 0.3) is 10.2 Å². The SMILES string of the molecule is Cc1cc(C)c(NC(=O)C(C)Sc2nc3ccc(N=Cc4ccc(Br)cc4)cc3s2)c(C)c1. The number of aryl methyl sites for hydroxylation is 3. The van der Waals surface area contributed by atoms with Gasteiger partial charge in [-0.3, -0.25) is 9.79 Å². The number of nitrogens with zero attached hydrogens (tertiary/aromatic N) is 2. The average Bonchev–Trinajstić information content (AvgIpc) is 3.17. The van der Waals surface area contributed by atoms with Crippen LogP contribution in [0.15, 0.2) is 68.4 Å². The van der Waals surface area contributed by atoms with Crippen molar-refractivity contribution in [3.8, 4) is 0 Å². The Bertz CT molecular complexity index is 1320. The van der Waals surface area contributed by atoms with Crippen LogP contribution in [0, 0.1) is 20.8 Å². The Morgan fingerprint density at radius 2 is 1.79 bits per heavy atom. The molecule has 0 aliphatic heterocycles. The third-order valence-corrected chi connectivity index (χ3v) is 7.90. The Kier molecular flexibility index (Phi) is 7.32. The molecule has 3 aromatic carbocycles. The Labute approximate surface area is 210 Å². The van der Waals surface area contributed by atoms with Gasteiger partial charge in [0.1, 0.15) is 0 Å². The summed E-state index contributed by atoms with van der Waals surface area (Å²) in [5, 5.41) is 2.84. The van der Waals surface area contributed by atoms with Crippen LogP contribution in [-0.2, 0) is 4.79 Å². The summed E-state index contributed by atoms with van der Waals surface area (Å²) in [4.78, 5) is 22.1. The maximum atomic E-state index is 12.8. The largest absolute Gasteiger partial charge is 0.325 e. The van der Waals surface area contributed by atoms with E-state index in [1.807, 2.05) is 69.5 Å². The fourth-order valence-electron chi connectivity index (χ4n) is 3.53. The zero-order valence-corrected chi connectivity index (χ0v) is 22.1. The highest BCUT2D eigenvalue weighted by molar-refractivity contribution is 9.10. The monoisotopic (exact) mass is 537 g/mol. The number of halogens is 1. The van der Waals surface area contributed by atoms with Gasteiger partial charge in [0.05, 0.1) is 21.2 Å². The van der Waals surface area contributed by atoms with E-state index in [-0.39, 0.29) is 11.2 Å². The molecule has 7 heteroatoms. The lowest BCUT2D eigenvalue weighted by molar-refractivity contribution is -0.115. The molecule has 1 N–H and O–H groups in total. The first kappa shape index (κ1) is 23.7.